The molecule has 0 radical (unpaired) electrons. The van der Waals surface area contributed by atoms with Gasteiger partial charge >= 0.3 is 0 Å². The average Bonchev–Trinajstić information content (AvgIpc) is 3.17. The Morgan fingerprint density at radius 3 is 2.30 bits per heavy atom. The van der Waals surface area contributed by atoms with Crippen LogP contribution in [-0.4, -0.2) is 74.2 Å². The topological polar surface area (TPSA) is 60.9 Å². The largest absolute Gasteiger partial charge is 0.336 e. The molecule has 0 aliphatic carbocycles. The number of carbonyl (C=O) groups excluding carboxylic acids is 1. The number of hydrogen-bond donors (Lipinski definition) is 0. The van der Waals surface area contributed by atoms with Crippen LogP contribution in [0.1, 0.15) is 37.0 Å². The highest BCUT2D eigenvalue weighted by molar-refractivity contribution is 7.89. The maximum atomic E-state index is 13.0. The second-order valence-electron chi connectivity index (χ2n) is 7.74. The van der Waals surface area contributed by atoms with Gasteiger partial charge in [-0.05, 0) is 37.0 Å². The molecule has 0 spiro atoms. The van der Waals surface area contributed by atoms with E-state index in [1.165, 1.54) is 22.5 Å². The van der Waals surface area contributed by atoms with Crippen LogP contribution in [0.5, 0.6) is 0 Å². The van der Waals surface area contributed by atoms with Gasteiger partial charge in [-0.15, -0.1) is 0 Å². The van der Waals surface area contributed by atoms with E-state index in [9.17, 15) is 13.2 Å². The summed E-state index contributed by atoms with van der Waals surface area (Å²) in [5, 5.41) is 0.296. The van der Waals surface area contributed by atoms with Crippen molar-refractivity contribution in [1.82, 2.24) is 14.1 Å². The first kappa shape index (κ1) is 20.6. The lowest BCUT2D eigenvalue weighted by Crippen LogP contribution is -2.49. The molecule has 0 unspecified atom stereocenters. The van der Waals surface area contributed by atoms with Crippen LogP contribution >= 0.6 is 11.6 Å². The molecule has 2 fully saturated rings. The molecule has 3 rings (SSSR count). The van der Waals surface area contributed by atoms with Gasteiger partial charge in [0.1, 0.15) is 0 Å². The second-order valence-corrected chi connectivity index (χ2v) is 10.1. The Morgan fingerprint density at radius 1 is 1.07 bits per heavy atom. The number of carbonyl (C=O) groups is 1. The second kappa shape index (κ2) is 8.47. The SMILES string of the molecule is CC(C)CN1CCN(C(=O)c2cc(S(=O)(=O)N3CCCC3)ccc2Cl)CC1. The molecule has 2 heterocycles. The normalized spacial score (nSPS) is 19.8. The van der Waals surface area contributed by atoms with E-state index in [1.54, 1.807) is 4.90 Å². The van der Waals surface area contributed by atoms with Crippen molar-refractivity contribution in [2.24, 2.45) is 5.92 Å². The van der Waals surface area contributed by atoms with Crippen molar-refractivity contribution < 1.29 is 13.2 Å². The number of hydrogen-bond acceptors (Lipinski definition) is 4. The minimum absolute atomic E-state index is 0.149. The number of sulfonamides is 1. The predicted octanol–water partition coefficient (Wildman–Crippen LogP) is 2.54. The predicted molar refractivity (Wildman–Crippen MR) is 107 cm³/mol. The lowest BCUT2D eigenvalue weighted by atomic mass is 10.1. The van der Waals surface area contributed by atoms with Crippen LogP contribution in [0.3, 0.4) is 0 Å². The first-order chi connectivity index (χ1) is 12.8. The third-order valence-corrected chi connectivity index (χ3v) is 7.38. The molecule has 8 heteroatoms. The van der Waals surface area contributed by atoms with Crippen molar-refractivity contribution in [3.8, 4) is 0 Å². The number of nitrogens with zero attached hydrogens (tertiary/aromatic N) is 3. The molecule has 27 heavy (non-hydrogen) atoms. The zero-order chi connectivity index (χ0) is 19.6. The van der Waals surface area contributed by atoms with Gasteiger partial charge in [0, 0.05) is 45.8 Å². The molecule has 6 nitrogen and oxygen atoms in total. The van der Waals surface area contributed by atoms with Crippen molar-refractivity contribution >= 4 is 27.5 Å². The molecular formula is C19H28ClN3O3S. The van der Waals surface area contributed by atoms with E-state index < -0.39 is 10.0 Å². The Balaban J connectivity index is 1.76. The van der Waals surface area contributed by atoms with E-state index in [1.807, 2.05) is 0 Å². The molecule has 1 aromatic rings. The van der Waals surface area contributed by atoms with Gasteiger partial charge in [-0.25, -0.2) is 8.42 Å². The Labute approximate surface area is 167 Å². The van der Waals surface area contributed by atoms with Gasteiger partial charge in [0.2, 0.25) is 10.0 Å². The highest BCUT2D eigenvalue weighted by Gasteiger charge is 2.30. The maximum Gasteiger partial charge on any atom is 0.255 e. The first-order valence-corrected chi connectivity index (χ1v) is 11.4. The van der Waals surface area contributed by atoms with Crippen molar-refractivity contribution in [2.75, 3.05) is 45.8 Å². The Kier molecular flexibility index (Phi) is 6.46. The fourth-order valence-corrected chi connectivity index (χ4v) is 5.47. The van der Waals surface area contributed by atoms with E-state index >= 15 is 0 Å². The average molecular weight is 414 g/mol. The van der Waals surface area contributed by atoms with Crippen LogP contribution in [0.2, 0.25) is 5.02 Å². The van der Waals surface area contributed by atoms with Gasteiger partial charge in [0.15, 0.2) is 0 Å². The molecule has 0 N–H and O–H groups in total. The Bertz CT molecular complexity index is 783. The number of amides is 1. The molecule has 0 saturated carbocycles. The lowest BCUT2D eigenvalue weighted by Gasteiger charge is -2.35. The minimum atomic E-state index is -3.57. The smallest absolute Gasteiger partial charge is 0.255 e. The number of rotatable bonds is 5. The van der Waals surface area contributed by atoms with E-state index in [-0.39, 0.29) is 16.4 Å². The van der Waals surface area contributed by atoms with Gasteiger partial charge in [-0.3, -0.25) is 9.69 Å². The molecule has 1 amide bonds. The molecule has 150 valence electrons. The van der Waals surface area contributed by atoms with Crippen LogP contribution in [0.15, 0.2) is 23.1 Å². The zero-order valence-corrected chi connectivity index (χ0v) is 17.6. The minimum Gasteiger partial charge on any atom is -0.336 e. The fraction of sp³-hybridized carbons (Fsp3) is 0.632. The number of halogens is 1. The Hall–Kier alpha value is -1.15. The van der Waals surface area contributed by atoms with Crippen molar-refractivity contribution in [3.05, 3.63) is 28.8 Å². The highest BCUT2D eigenvalue weighted by atomic mass is 35.5. The summed E-state index contributed by atoms with van der Waals surface area (Å²) in [7, 11) is -3.57. The van der Waals surface area contributed by atoms with Gasteiger partial charge in [-0.2, -0.15) is 4.31 Å². The van der Waals surface area contributed by atoms with Crippen LogP contribution in [0.4, 0.5) is 0 Å². The summed E-state index contributed by atoms with van der Waals surface area (Å²) in [5.41, 5.74) is 0.272. The molecular weight excluding hydrogens is 386 g/mol. The zero-order valence-electron chi connectivity index (χ0n) is 16.0. The van der Waals surface area contributed by atoms with Gasteiger partial charge in [0.25, 0.3) is 5.91 Å². The molecule has 2 aliphatic rings. The quantitative estimate of drug-likeness (QED) is 0.744. The van der Waals surface area contributed by atoms with Crippen LogP contribution in [0.25, 0.3) is 0 Å². The maximum absolute atomic E-state index is 13.0. The molecule has 1 aromatic carbocycles. The summed E-state index contributed by atoms with van der Waals surface area (Å²) in [4.78, 5) is 17.2. The standard InChI is InChI=1S/C19H28ClN3O3S/c1-15(2)14-21-9-11-22(12-10-21)19(24)17-13-16(5-6-18(17)20)27(25,26)23-7-3-4-8-23/h5-6,13,15H,3-4,7-12,14H2,1-2H3. The lowest BCUT2D eigenvalue weighted by molar-refractivity contribution is 0.0623. The van der Waals surface area contributed by atoms with Crippen LogP contribution < -0.4 is 0 Å². The summed E-state index contributed by atoms with van der Waals surface area (Å²) < 4.78 is 27.1. The number of piperazine rings is 1. The van der Waals surface area contributed by atoms with E-state index in [2.05, 4.69) is 18.7 Å². The first-order valence-electron chi connectivity index (χ1n) is 9.60. The van der Waals surface area contributed by atoms with Gasteiger partial charge < -0.3 is 4.90 Å². The van der Waals surface area contributed by atoms with Crippen molar-refractivity contribution in [1.29, 1.82) is 0 Å². The van der Waals surface area contributed by atoms with Crippen LogP contribution in [0, 0.1) is 5.92 Å². The van der Waals surface area contributed by atoms with Gasteiger partial charge in [-0.1, -0.05) is 25.4 Å². The van der Waals surface area contributed by atoms with E-state index in [4.69, 9.17) is 11.6 Å². The summed E-state index contributed by atoms with van der Waals surface area (Å²) in [5.74, 6) is 0.400. The summed E-state index contributed by atoms with van der Waals surface area (Å²) in [6, 6.07) is 4.46. The van der Waals surface area contributed by atoms with E-state index in [0.717, 1.165) is 32.5 Å². The summed E-state index contributed by atoms with van der Waals surface area (Å²) in [6.45, 7) is 9.37. The van der Waals surface area contributed by atoms with Crippen LogP contribution in [-0.2, 0) is 10.0 Å². The van der Waals surface area contributed by atoms with Crippen molar-refractivity contribution in [2.45, 2.75) is 31.6 Å². The molecule has 0 aromatic heterocycles. The van der Waals surface area contributed by atoms with E-state index in [0.29, 0.717) is 37.1 Å². The summed E-state index contributed by atoms with van der Waals surface area (Å²) >= 11 is 6.25. The molecule has 0 bridgehead atoms. The Morgan fingerprint density at radius 2 is 1.70 bits per heavy atom. The van der Waals surface area contributed by atoms with Crippen molar-refractivity contribution in [3.63, 3.8) is 0 Å². The highest BCUT2D eigenvalue weighted by Crippen LogP contribution is 2.26. The summed E-state index contributed by atoms with van der Waals surface area (Å²) in [6.07, 6.45) is 1.75. The third kappa shape index (κ3) is 4.65. The third-order valence-electron chi connectivity index (χ3n) is 5.15. The molecule has 2 saturated heterocycles. The molecule has 2 aliphatic heterocycles. The monoisotopic (exact) mass is 413 g/mol. The van der Waals surface area contributed by atoms with Gasteiger partial charge in [0.05, 0.1) is 15.5 Å². The molecule has 0 atom stereocenters. The fourth-order valence-electron chi connectivity index (χ4n) is 3.73. The number of benzene rings is 1.